The summed E-state index contributed by atoms with van der Waals surface area (Å²) in [5.41, 5.74) is 4.48. The molecule has 5 rings (SSSR count). The lowest BCUT2D eigenvalue weighted by Gasteiger charge is -2.09. The highest BCUT2D eigenvalue weighted by Crippen LogP contribution is 2.38. The van der Waals surface area contributed by atoms with Crippen molar-refractivity contribution in [2.75, 3.05) is 52.9 Å². The third kappa shape index (κ3) is 5.53. The molecule has 4 bridgehead atoms. The Morgan fingerprint density at radius 3 is 1.85 bits per heavy atom. The Kier molecular flexibility index (Phi) is 8.53. The number of fused-ring (bicyclic) bond motifs is 9. The zero-order chi connectivity index (χ0) is 27.2. The highest BCUT2D eigenvalue weighted by Gasteiger charge is 2.35. The maximum atomic E-state index is 13.3. The van der Waals surface area contributed by atoms with Gasteiger partial charge in [0.1, 0.15) is 0 Å². The summed E-state index contributed by atoms with van der Waals surface area (Å²) in [6.07, 6.45) is 7.22. The van der Waals surface area contributed by atoms with Crippen molar-refractivity contribution < 1.29 is 28.5 Å². The van der Waals surface area contributed by atoms with Gasteiger partial charge in [-0.3, -0.25) is 14.9 Å². The van der Waals surface area contributed by atoms with E-state index in [0.717, 1.165) is 22.2 Å². The molecule has 0 fully saturated rings. The van der Waals surface area contributed by atoms with Crippen LogP contribution in [0, 0.1) is 0 Å². The first-order valence-corrected chi connectivity index (χ1v) is 13.1. The molecule has 0 atom stereocenters. The van der Waals surface area contributed by atoms with Gasteiger partial charge < -0.3 is 28.1 Å². The Bertz CT molecular complexity index is 1430. The standard InChI is InChI=1S/C30H33N3O6/c1-3-21-23-19-32(25(21)4-2)9-11-36-13-15-38-17-18-39-16-14-37-12-10-33-20-24(22-7-5-6-8-26(22)33)28-27(23)29(34)31-30(28)35/h3-8,19-20H,1-2,9-18H2,(H,31,34,35). The zero-order valence-corrected chi connectivity index (χ0v) is 21.9. The lowest BCUT2D eigenvalue weighted by Crippen LogP contribution is -2.22. The molecule has 2 amide bonds. The molecule has 204 valence electrons. The predicted molar refractivity (Wildman–Crippen MR) is 150 cm³/mol. The molecule has 39 heavy (non-hydrogen) atoms. The first-order chi connectivity index (χ1) is 19.1. The molecule has 4 heterocycles. The Balaban J connectivity index is 1.61. The highest BCUT2D eigenvalue weighted by atomic mass is 16.6. The van der Waals surface area contributed by atoms with Crippen molar-refractivity contribution >= 4 is 46.0 Å². The van der Waals surface area contributed by atoms with E-state index in [9.17, 15) is 9.59 Å². The first-order valence-electron chi connectivity index (χ1n) is 13.1. The van der Waals surface area contributed by atoms with Crippen molar-refractivity contribution in [1.82, 2.24) is 14.5 Å². The Morgan fingerprint density at radius 1 is 0.692 bits per heavy atom. The first kappa shape index (κ1) is 26.8. The van der Waals surface area contributed by atoms with Gasteiger partial charge in [-0.15, -0.1) is 0 Å². The minimum absolute atomic E-state index is 0.324. The number of nitrogens with one attached hydrogen (secondary N) is 1. The molecule has 0 spiro atoms. The summed E-state index contributed by atoms with van der Waals surface area (Å²) in [5.74, 6) is -0.860. The number of benzene rings is 1. The van der Waals surface area contributed by atoms with Crippen molar-refractivity contribution in [2.24, 2.45) is 0 Å². The molecule has 1 aromatic carbocycles. The van der Waals surface area contributed by atoms with Crippen LogP contribution in [0.15, 0.2) is 49.8 Å². The summed E-state index contributed by atoms with van der Waals surface area (Å²) in [6, 6.07) is 7.85. The number of aromatic nitrogens is 2. The van der Waals surface area contributed by atoms with Crippen molar-refractivity contribution in [2.45, 2.75) is 13.1 Å². The Morgan fingerprint density at radius 2 is 1.23 bits per heavy atom. The van der Waals surface area contributed by atoms with Gasteiger partial charge in [0.2, 0.25) is 0 Å². The minimum Gasteiger partial charge on any atom is -0.377 e. The average molecular weight is 532 g/mol. The van der Waals surface area contributed by atoms with Crippen LogP contribution >= 0.6 is 0 Å². The molecule has 3 aromatic rings. The fourth-order valence-corrected chi connectivity index (χ4v) is 5.10. The van der Waals surface area contributed by atoms with Gasteiger partial charge in [0.25, 0.3) is 11.8 Å². The number of carbonyl (C=O) groups excluding carboxylic acids is 2. The van der Waals surface area contributed by atoms with Gasteiger partial charge in [-0.2, -0.15) is 0 Å². The van der Waals surface area contributed by atoms with E-state index in [1.807, 2.05) is 41.2 Å². The van der Waals surface area contributed by atoms with E-state index in [1.165, 1.54) is 0 Å². The molecule has 0 saturated heterocycles. The van der Waals surface area contributed by atoms with Gasteiger partial charge in [-0.05, 0) is 12.1 Å². The van der Waals surface area contributed by atoms with Crippen molar-refractivity contribution in [3.05, 3.63) is 72.2 Å². The third-order valence-corrected chi connectivity index (χ3v) is 6.89. The summed E-state index contributed by atoms with van der Waals surface area (Å²) >= 11 is 0. The lowest BCUT2D eigenvalue weighted by atomic mass is 9.94. The van der Waals surface area contributed by atoms with Gasteiger partial charge in [0.05, 0.1) is 64.0 Å². The molecule has 9 nitrogen and oxygen atoms in total. The normalized spacial score (nSPS) is 18.3. The summed E-state index contributed by atoms with van der Waals surface area (Å²) in [7, 11) is 0. The third-order valence-electron chi connectivity index (χ3n) is 6.89. The molecule has 0 unspecified atom stereocenters. The number of carbonyl (C=O) groups is 2. The van der Waals surface area contributed by atoms with Gasteiger partial charge in [-0.25, -0.2) is 0 Å². The summed E-state index contributed by atoms with van der Waals surface area (Å²) in [6.45, 7) is 12.8. The molecule has 0 aliphatic carbocycles. The summed E-state index contributed by atoms with van der Waals surface area (Å²) in [5, 5.41) is 3.40. The second-order valence-corrected chi connectivity index (χ2v) is 9.18. The molecular formula is C30H33N3O6. The second-order valence-electron chi connectivity index (χ2n) is 9.18. The number of ether oxygens (including phenoxy) is 4. The highest BCUT2D eigenvalue weighted by molar-refractivity contribution is 6.50. The quantitative estimate of drug-likeness (QED) is 0.510. The monoisotopic (exact) mass is 531 g/mol. The number of rotatable bonds is 2. The van der Waals surface area contributed by atoms with Crippen LogP contribution in [-0.4, -0.2) is 73.8 Å². The Labute approximate surface area is 227 Å². The smallest absolute Gasteiger partial charge is 0.259 e. The predicted octanol–water partition coefficient (Wildman–Crippen LogP) is 3.38. The molecule has 1 N–H and O–H groups in total. The summed E-state index contributed by atoms with van der Waals surface area (Å²) < 4.78 is 26.7. The number of hydrogen-bond acceptors (Lipinski definition) is 6. The van der Waals surface area contributed by atoms with Crippen molar-refractivity contribution in [3.8, 4) is 0 Å². The average Bonchev–Trinajstić information content (AvgIpc) is 3.57. The van der Waals surface area contributed by atoms with Gasteiger partial charge in [0.15, 0.2) is 0 Å². The van der Waals surface area contributed by atoms with E-state index in [-0.39, 0.29) is 0 Å². The fraction of sp³-hybridized carbons (Fsp3) is 0.333. The van der Waals surface area contributed by atoms with Gasteiger partial charge in [0, 0.05) is 58.8 Å². The van der Waals surface area contributed by atoms with Crippen LogP contribution in [0.1, 0.15) is 22.4 Å². The van der Waals surface area contributed by atoms with Crippen LogP contribution in [0.3, 0.4) is 0 Å². The maximum absolute atomic E-state index is 13.3. The minimum atomic E-state index is -0.436. The van der Waals surface area contributed by atoms with E-state index in [0.29, 0.717) is 88.2 Å². The molecular weight excluding hydrogens is 498 g/mol. The van der Waals surface area contributed by atoms with Crippen molar-refractivity contribution in [3.63, 3.8) is 0 Å². The topological polar surface area (TPSA) is 93.0 Å². The van der Waals surface area contributed by atoms with Crippen LogP contribution in [0.5, 0.6) is 0 Å². The maximum Gasteiger partial charge on any atom is 0.259 e. The van der Waals surface area contributed by atoms with E-state index < -0.39 is 11.8 Å². The van der Waals surface area contributed by atoms with Gasteiger partial charge in [-0.1, -0.05) is 37.4 Å². The molecule has 9 heteroatoms. The second kappa shape index (κ2) is 12.4. The van der Waals surface area contributed by atoms with Crippen molar-refractivity contribution in [1.29, 1.82) is 0 Å². The number of amides is 2. The zero-order valence-electron chi connectivity index (χ0n) is 21.9. The molecule has 2 aliphatic heterocycles. The largest absolute Gasteiger partial charge is 0.377 e. The number of para-hydroxylation sites is 1. The SMILES string of the molecule is C=Cc1c2cn(c1C=C)CCOCCOCCOCCOCCn1cc(c3ccccc31)C1=C2C(=O)NC1=O. The molecule has 2 aromatic heterocycles. The van der Waals surface area contributed by atoms with E-state index in [4.69, 9.17) is 18.9 Å². The fourth-order valence-electron chi connectivity index (χ4n) is 5.10. The molecule has 0 radical (unpaired) electrons. The Hall–Kier alpha value is -3.76. The summed E-state index contributed by atoms with van der Waals surface area (Å²) in [4.78, 5) is 26.5. The van der Waals surface area contributed by atoms with E-state index >= 15 is 0 Å². The van der Waals surface area contributed by atoms with E-state index in [1.54, 1.807) is 12.2 Å². The van der Waals surface area contributed by atoms with Gasteiger partial charge >= 0.3 is 0 Å². The number of imide groups is 1. The molecule has 2 aliphatic rings. The van der Waals surface area contributed by atoms with Crippen LogP contribution < -0.4 is 5.32 Å². The number of nitrogens with zero attached hydrogens (tertiary/aromatic N) is 2. The lowest BCUT2D eigenvalue weighted by molar-refractivity contribution is -0.122. The number of hydrogen-bond donors (Lipinski definition) is 1. The molecule has 0 saturated carbocycles. The van der Waals surface area contributed by atoms with Crippen LogP contribution in [-0.2, 0) is 41.6 Å². The van der Waals surface area contributed by atoms with Crippen LogP contribution in [0.4, 0.5) is 0 Å². The van der Waals surface area contributed by atoms with Crippen LogP contribution in [0.2, 0.25) is 0 Å². The van der Waals surface area contributed by atoms with E-state index in [2.05, 4.69) is 23.0 Å². The van der Waals surface area contributed by atoms with Crippen LogP contribution in [0.25, 0.3) is 34.2 Å².